The molecule has 1 aliphatic rings. The summed E-state index contributed by atoms with van der Waals surface area (Å²) in [5.74, 6) is -3.28. The number of aliphatic carboxylic acids is 1. The molecule has 18 heavy (non-hydrogen) atoms. The lowest BCUT2D eigenvalue weighted by atomic mass is 9.78. The molecule has 0 unspecified atom stereocenters. The highest BCUT2D eigenvalue weighted by molar-refractivity contribution is 5.88. The third-order valence-electron chi connectivity index (χ3n) is 3.54. The van der Waals surface area contributed by atoms with Crippen LogP contribution in [0.1, 0.15) is 24.5 Å². The second-order valence-corrected chi connectivity index (χ2v) is 4.80. The summed E-state index contributed by atoms with van der Waals surface area (Å²) >= 11 is 0. The maximum Gasteiger partial charge on any atom is 0.304 e. The average molecular weight is 254 g/mol. The fraction of sp³-hybridized carbons (Fsp3) is 0.385. The number of carbonyl (C=O) groups excluding carboxylic acids is 1. The van der Waals surface area contributed by atoms with Gasteiger partial charge in [0.2, 0.25) is 0 Å². The summed E-state index contributed by atoms with van der Waals surface area (Å²) in [7, 11) is 0. The van der Waals surface area contributed by atoms with Crippen LogP contribution in [0.2, 0.25) is 0 Å². The molecule has 0 aliphatic heterocycles. The van der Waals surface area contributed by atoms with Crippen LogP contribution in [0.25, 0.3) is 0 Å². The summed E-state index contributed by atoms with van der Waals surface area (Å²) < 4.78 is 26.2. The van der Waals surface area contributed by atoms with Gasteiger partial charge in [0, 0.05) is 5.41 Å². The number of hydrogen-bond acceptors (Lipinski definition) is 2. The summed E-state index contributed by atoms with van der Waals surface area (Å²) in [5, 5.41) is 8.88. The van der Waals surface area contributed by atoms with Gasteiger partial charge in [0.05, 0.1) is 6.42 Å². The fourth-order valence-corrected chi connectivity index (χ4v) is 2.54. The Hall–Kier alpha value is -1.78. The van der Waals surface area contributed by atoms with E-state index >= 15 is 0 Å². The predicted octanol–water partition coefficient (Wildman–Crippen LogP) is 2.11. The van der Waals surface area contributed by atoms with Gasteiger partial charge >= 0.3 is 5.97 Å². The van der Waals surface area contributed by atoms with Crippen LogP contribution in [0.4, 0.5) is 8.78 Å². The van der Waals surface area contributed by atoms with Gasteiger partial charge in [0.25, 0.3) is 0 Å². The average Bonchev–Trinajstić information content (AvgIpc) is 2.56. The number of carboxylic acid groups (broad SMARTS) is 1. The first-order chi connectivity index (χ1) is 8.34. The zero-order chi connectivity index (χ0) is 13.5. The zero-order valence-electron chi connectivity index (χ0n) is 9.80. The maximum absolute atomic E-state index is 13.1. The zero-order valence-corrected chi connectivity index (χ0v) is 9.80. The van der Waals surface area contributed by atoms with E-state index in [2.05, 4.69) is 0 Å². The predicted molar refractivity (Wildman–Crippen MR) is 59.1 cm³/mol. The first kappa shape index (κ1) is 12.7. The number of fused-ring (bicyclic) bond motifs is 1. The lowest BCUT2D eigenvalue weighted by Gasteiger charge is -2.23. The molecule has 1 aliphatic carbocycles. The van der Waals surface area contributed by atoms with Gasteiger partial charge in [-0.3, -0.25) is 9.59 Å². The van der Waals surface area contributed by atoms with Crippen molar-refractivity contribution in [1.82, 2.24) is 0 Å². The van der Waals surface area contributed by atoms with Crippen LogP contribution < -0.4 is 0 Å². The lowest BCUT2D eigenvalue weighted by Crippen LogP contribution is -2.32. The van der Waals surface area contributed by atoms with E-state index in [0.717, 1.165) is 12.1 Å². The summed E-state index contributed by atoms with van der Waals surface area (Å²) in [6.07, 6.45) is -0.0113. The number of Topliss-reactive ketones (excluding diaryl/α,β-unsaturated/α-hetero) is 1. The summed E-state index contributed by atoms with van der Waals surface area (Å²) in [4.78, 5) is 22.5. The van der Waals surface area contributed by atoms with Crippen molar-refractivity contribution in [3.05, 3.63) is 34.9 Å². The van der Waals surface area contributed by atoms with Crippen molar-refractivity contribution in [1.29, 1.82) is 0 Å². The molecular weight excluding hydrogens is 242 g/mol. The Kier molecular flexibility index (Phi) is 2.92. The topological polar surface area (TPSA) is 54.4 Å². The first-order valence-electron chi connectivity index (χ1n) is 5.54. The second-order valence-electron chi connectivity index (χ2n) is 4.80. The van der Waals surface area contributed by atoms with E-state index in [1.807, 2.05) is 0 Å². The second kappa shape index (κ2) is 4.15. The molecule has 0 saturated carbocycles. The van der Waals surface area contributed by atoms with E-state index in [9.17, 15) is 18.4 Å². The Labute approximate surface area is 102 Å². The first-order valence-corrected chi connectivity index (χ1v) is 5.54. The molecule has 0 heterocycles. The smallest absolute Gasteiger partial charge is 0.304 e. The van der Waals surface area contributed by atoms with Crippen molar-refractivity contribution >= 4 is 11.8 Å². The van der Waals surface area contributed by atoms with Crippen molar-refractivity contribution in [3.63, 3.8) is 0 Å². The Morgan fingerprint density at radius 3 is 2.00 bits per heavy atom. The standard InChI is InChI=1S/C13H12F2O3/c1-7(16)13(6-12(17)18)4-8-2-10(14)11(15)3-9(8)5-13/h2-3H,4-6H2,1H3,(H,17,18). The number of ketones is 1. The molecule has 0 atom stereocenters. The van der Waals surface area contributed by atoms with Gasteiger partial charge in [-0.1, -0.05) is 0 Å². The van der Waals surface area contributed by atoms with Crippen LogP contribution in [0, 0.1) is 17.0 Å². The highest BCUT2D eigenvalue weighted by Gasteiger charge is 2.43. The van der Waals surface area contributed by atoms with Gasteiger partial charge in [-0.25, -0.2) is 8.78 Å². The Bertz CT molecular complexity index is 506. The van der Waals surface area contributed by atoms with E-state index in [4.69, 9.17) is 5.11 Å². The third-order valence-corrected chi connectivity index (χ3v) is 3.54. The van der Waals surface area contributed by atoms with E-state index < -0.39 is 23.0 Å². The minimum Gasteiger partial charge on any atom is -0.481 e. The fourth-order valence-electron chi connectivity index (χ4n) is 2.54. The summed E-state index contributed by atoms with van der Waals surface area (Å²) in [6, 6.07) is 2.11. The van der Waals surface area contributed by atoms with E-state index in [0.29, 0.717) is 11.1 Å². The molecule has 0 amide bonds. The molecule has 2 rings (SSSR count). The van der Waals surface area contributed by atoms with E-state index in [1.54, 1.807) is 0 Å². The molecule has 0 saturated heterocycles. The molecule has 0 bridgehead atoms. The van der Waals surface area contributed by atoms with Crippen molar-refractivity contribution < 1.29 is 23.5 Å². The van der Waals surface area contributed by atoms with Crippen LogP contribution in [-0.2, 0) is 22.4 Å². The minimum atomic E-state index is -1.08. The molecular formula is C13H12F2O3. The molecule has 0 spiro atoms. The van der Waals surface area contributed by atoms with Crippen LogP contribution >= 0.6 is 0 Å². The SMILES string of the molecule is CC(=O)C1(CC(=O)O)Cc2cc(F)c(F)cc2C1. The van der Waals surface area contributed by atoms with Crippen molar-refractivity contribution in [2.24, 2.45) is 5.41 Å². The third kappa shape index (κ3) is 2.00. The highest BCUT2D eigenvalue weighted by Crippen LogP contribution is 2.41. The molecule has 1 N–H and O–H groups in total. The molecule has 1 aromatic rings. The Morgan fingerprint density at radius 2 is 1.67 bits per heavy atom. The highest BCUT2D eigenvalue weighted by atomic mass is 19.2. The number of benzene rings is 1. The van der Waals surface area contributed by atoms with Crippen molar-refractivity contribution in [2.45, 2.75) is 26.2 Å². The van der Waals surface area contributed by atoms with Crippen LogP contribution in [-0.4, -0.2) is 16.9 Å². The lowest BCUT2D eigenvalue weighted by molar-refractivity contribution is -0.143. The Balaban J connectivity index is 2.41. The summed E-state index contributed by atoms with van der Waals surface area (Å²) in [6.45, 7) is 1.32. The number of carboxylic acids is 1. The van der Waals surface area contributed by atoms with Crippen LogP contribution in [0.15, 0.2) is 12.1 Å². The molecule has 3 nitrogen and oxygen atoms in total. The van der Waals surface area contributed by atoms with E-state index in [-0.39, 0.29) is 25.0 Å². The molecule has 96 valence electrons. The van der Waals surface area contributed by atoms with E-state index in [1.165, 1.54) is 6.92 Å². The largest absolute Gasteiger partial charge is 0.481 e. The Morgan fingerprint density at radius 1 is 1.22 bits per heavy atom. The quantitative estimate of drug-likeness (QED) is 0.898. The number of rotatable bonds is 3. The van der Waals surface area contributed by atoms with Gasteiger partial charge in [-0.2, -0.15) is 0 Å². The number of halogens is 2. The van der Waals surface area contributed by atoms with Gasteiger partial charge in [-0.05, 0) is 43.0 Å². The molecule has 0 radical (unpaired) electrons. The van der Waals surface area contributed by atoms with Gasteiger partial charge in [0.1, 0.15) is 5.78 Å². The molecule has 0 fully saturated rings. The van der Waals surface area contributed by atoms with Gasteiger partial charge in [0.15, 0.2) is 11.6 Å². The van der Waals surface area contributed by atoms with Crippen molar-refractivity contribution in [2.75, 3.05) is 0 Å². The monoisotopic (exact) mass is 254 g/mol. The van der Waals surface area contributed by atoms with Crippen LogP contribution in [0.3, 0.4) is 0 Å². The molecule has 5 heteroatoms. The number of hydrogen-bond donors (Lipinski definition) is 1. The van der Waals surface area contributed by atoms with Gasteiger partial charge < -0.3 is 5.11 Å². The van der Waals surface area contributed by atoms with Crippen molar-refractivity contribution in [3.8, 4) is 0 Å². The number of carbonyl (C=O) groups is 2. The van der Waals surface area contributed by atoms with Crippen LogP contribution in [0.5, 0.6) is 0 Å². The molecule has 0 aromatic heterocycles. The van der Waals surface area contributed by atoms with Gasteiger partial charge in [-0.15, -0.1) is 0 Å². The summed E-state index contributed by atoms with van der Waals surface area (Å²) in [5.41, 5.74) is -0.0234. The molecule has 1 aromatic carbocycles. The minimum absolute atomic E-state index is 0.154. The normalized spacial score (nSPS) is 16.4. The maximum atomic E-state index is 13.1.